The van der Waals surface area contributed by atoms with Crippen molar-refractivity contribution in [3.05, 3.63) is 0 Å². The summed E-state index contributed by atoms with van der Waals surface area (Å²) in [5.41, 5.74) is 0.601. The van der Waals surface area contributed by atoms with E-state index < -0.39 is 0 Å². The molecule has 0 radical (unpaired) electrons. The van der Waals surface area contributed by atoms with Gasteiger partial charge in [-0.15, -0.1) is 12.4 Å². The van der Waals surface area contributed by atoms with Crippen LogP contribution in [0.5, 0.6) is 0 Å². The molecule has 62 valence electrons. The third-order valence-electron chi connectivity index (χ3n) is 2.19. The first-order valence-electron chi connectivity index (χ1n) is 3.91. The summed E-state index contributed by atoms with van der Waals surface area (Å²) in [6, 6.07) is 0. The maximum Gasteiger partial charge on any atom is -0.00438 e. The van der Waals surface area contributed by atoms with Crippen LogP contribution in [0.1, 0.15) is 33.1 Å². The summed E-state index contributed by atoms with van der Waals surface area (Å²) in [5, 5.41) is 3.40. The average molecular weight is 164 g/mol. The Morgan fingerprint density at radius 2 is 1.80 bits per heavy atom. The first-order chi connectivity index (χ1) is 4.21. The van der Waals surface area contributed by atoms with Crippen molar-refractivity contribution in [3.8, 4) is 0 Å². The Hall–Kier alpha value is 0.250. The van der Waals surface area contributed by atoms with Crippen LogP contribution < -0.4 is 5.32 Å². The lowest BCUT2D eigenvalue weighted by atomic mass is 9.85. The molecule has 0 aliphatic carbocycles. The van der Waals surface area contributed by atoms with E-state index >= 15 is 0 Å². The standard InChI is InChI=1S/C8H17N.ClH/c1-8(2)4-3-6-9-7-5-8;/h9H,3-7H2,1-2H3;1H. The third-order valence-corrected chi connectivity index (χ3v) is 2.19. The molecule has 1 saturated heterocycles. The van der Waals surface area contributed by atoms with Crippen molar-refractivity contribution in [2.24, 2.45) is 5.41 Å². The van der Waals surface area contributed by atoms with Crippen LogP contribution in [0.3, 0.4) is 0 Å². The molecule has 0 aromatic heterocycles. The SMILES string of the molecule is CC1(C)CCCNCC1.Cl. The highest BCUT2D eigenvalue weighted by atomic mass is 35.5. The summed E-state index contributed by atoms with van der Waals surface area (Å²) in [7, 11) is 0. The zero-order chi connectivity index (χ0) is 6.74. The van der Waals surface area contributed by atoms with Crippen LogP contribution >= 0.6 is 12.4 Å². The monoisotopic (exact) mass is 163 g/mol. The van der Waals surface area contributed by atoms with Gasteiger partial charge in [-0.3, -0.25) is 0 Å². The molecule has 1 fully saturated rings. The van der Waals surface area contributed by atoms with Gasteiger partial charge in [0.2, 0.25) is 0 Å². The molecule has 1 heterocycles. The number of rotatable bonds is 0. The summed E-state index contributed by atoms with van der Waals surface area (Å²) in [5.74, 6) is 0. The van der Waals surface area contributed by atoms with E-state index in [0.29, 0.717) is 5.41 Å². The Balaban J connectivity index is 0.000000810. The molecule has 0 saturated carbocycles. The lowest BCUT2D eigenvalue weighted by Gasteiger charge is -2.20. The van der Waals surface area contributed by atoms with Crippen LogP contribution in [0.25, 0.3) is 0 Å². The van der Waals surface area contributed by atoms with Gasteiger partial charge in [-0.05, 0) is 37.8 Å². The van der Waals surface area contributed by atoms with Crippen LogP contribution in [0.4, 0.5) is 0 Å². The molecule has 1 aliphatic rings. The Labute approximate surface area is 70.0 Å². The van der Waals surface area contributed by atoms with Gasteiger partial charge in [-0.1, -0.05) is 13.8 Å². The summed E-state index contributed by atoms with van der Waals surface area (Å²) in [4.78, 5) is 0. The number of halogens is 1. The molecule has 1 nitrogen and oxygen atoms in total. The Morgan fingerprint density at radius 3 is 2.50 bits per heavy atom. The van der Waals surface area contributed by atoms with E-state index in [0.717, 1.165) is 0 Å². The van der Waals surface area contributed by atoms with E-state index in [1.165, 1.54) is 32.4 Å². The van der Waals surface area contributed by atoms with Crippen molar-refractivity contribution in [1.29, 1.82) is 0 Å². The van der Waals surface area contributed by atoms with Gasteiger partial charge < -0.3 is 5.32 Å². The molecule has 1 aliphatic heterocycles. The molecule has 1 N–H and O–H groups in total. The zero-order valence-electron chi connectivity index (χ0n) is 6.94. The fourth-order valence-electron chi connectivity index (χ4n) is 1.37. The third kappa shape index (κ3) is 3.43. The maximum atomic E-state index is 3.40. The smallest absolute Gasteiger partial charge is 0.00438 e. The van der Waals surface area contributed by atoms with Crippen molar-refractivity contribution in [2.45, 2.75) is 33.1 Å². The molecule has 2 heteroatoms. The van der Waals surface area contributed by atoms with Gasteiger partial charge in [0.1, 0.15) is 0 Å². The zero-order valence-corrected chi connectivity index (χ0v) is 7.76. The van der Waals surface area contributed by atoms with Gasteiger partial charge in [-0.2, -0.15) is 0 Å². The minimum atomic E-state index is 0. The van der Waals surface area contributed by atoms with Crippen LogP contribution in [-0.4, -0.2) is 13.1 Å². The molecule has 0 amide bonds. The molecule has 0 bridgehead atoms. The maximum absolute atomic E-state index is 3.40. The minimum Gasteiger partial charge on any atom is -0.317 e. The quantitative estimate of drug-likeness (QED) is 0.578. The fraction of sp³-hybridized carbons (Fsp3) is 1.00. The second kappa shape index (κ2) is 4.20. The molecule has 0 aromatic carbocycles. The highest BCUT2D eigenvalue weighted by Gasteiger charge is 2.18. The average Bonchev–Trinajstić information content (AvgIpc) is 1.92. The lowest BCUT2D eigenvalue weighted by Crippen LogP contribution is -2.16. The Kier molecular flexibility index (Phi) is 4.30. The highest BCUT2D eigenvalue weighted by molar-refractivity contribution is 5.85. The van der Waals surface area contributed by atoms with Crippen molar-refractivity contribution >= 4 is 12.4 Å². The van der Waals surface area contributed by atoms with Crippen LogP contribution in [0.2, 0.25) is 0 Å². The lowest BCUT2D eigenvalue weighted by molar-refractivity contribution is 0.323. The van der Waals surface area contributed by atoms with Gasteiger partial charge in [0.15, 0.2) is 0 Å². The molecule has 10 heavy (non-hydrogen) atoms. The van der Waals surface area contributed by atoms with E-state index in [1.54, 1.807) is 0 Å². The topological polar surface area (TPSA) is 12.0 Å². The second-order valence-electron chi connectivity index (χ2n) is 3.77. The van der Waals surface area contributed by atoms with Crippen LogP contribution in [-0.2, 0) is 0 Å². The van der Waals surface area contributed by atoms with Crippen LogP contribution in [0.15, 0.2) is 0 Å². The van der Waals surface area contributed by atoms with E-state index in [2.05, 4.69) is 19.2 Å². The summed E-state index contributed by atoms with van der Waals surface area (Å²) in [6.07, 6.45) is 4.08. The first-order valence-corrected chi connectivity index (χ1v) is 3.91. The van der Waals surface area contributed by atoms with Crippen molar-refractivity contribution in [1.82, 2.24) is 5.32 Å². The van der Waals surface area contributed by atoms with Gasteiger partial charge >= 0.3 is 0 Å². The number of hydrogen-bond donors (Lipinski definition) is 1. The Morgan fingerprint density at radius 1 is 1.10 bits per heavy atom. The van der Waals surface area contributed by atoms with E-state index in [4.69, 9.17) is 0 Å². The van der Waals surface area contributed by atoms with E-state index in [-0.39, 0.29) is 12.4 Å². The summed E-state index contributed by atoms with van der Waals surface area (Å²) < 4.78 is 0. The largest absolute Gasteiger partial charge is 0.317 e. The highest BCUT2D eigenvalue weighted by Crippen LogP contribution is 2.27. The van der Waals surface area contributed by atoms with Crippen molar-refractivity contribution in [2.75, 3.05) is 13.1 Å². The summed E-state index contributed by atoms with van der Waals surface area (Å²) in [6.45, 7) is 7.16. The molecule has 1 rings (SSSR count). The fourth-order valence-corrected chi connectivity index (χ4v) is 1.37. The summed E-state index contributed by atoms with van der Waals surface area (Å²) >= 11 is 0. The second-order valence-corrected chi connectivity index (χ2v) is 3.77. The van der Waals surface area contributed by atoms with E-state index in [9.17, 15) is 0 Å². The predicted molar refractivity (Wildman–Crippen MR) is 47.7 cm³/mol. The van der Waals surface area contributed by atoms with Gasteiger partial charge in [-0.25, -0.2) is 0 Å². The van der Waals surface area contributed by atoms with Crippen LogP contribution in [0, 0.1) is 5.41 Å². The Bertz CT molecular complexity index is 81.3. The first kappa shape index (κ1) is 10.2. The minimum absolute atomic E-state index is 0. The predicted octanol–water partition coefficient (Wildman–Crippen LogP) is 2.21. The normalized spacial score (nSPS) is 24.6. The van der Waals surface area contributed by atoms with Gasteiger partial charge in [0.05, 0.1) is 0 Å². The molecule has 0 unspecified atom stereocenters. The van der Waals surface area contributed by atoms with E-state index in [1.807, 2.05) is 0 Å². The van der Waals surface area contributed by atoms with Gasteiger partial charge in [0.25, 0.3) is 0 Å². The molecule has 0 spiro atoms. The number of hydrogen-bond acceptors (Lipinski definition) is 1. The van der Waals surface area contributed by atoms with Crippen molar-refractivity contribution < 1.29 is 0 Å². The molecule has 0 aromatic rings. The van der Waals surface area contributed by atoms with Crippen molar-refractivity contribution in [3.63, 3.8) is 0 Å². The molecular weight excluding hydrogens is 146 g/mol. The molecular formula is C8H18ClN. The molecule has 0 atom stereocenters. The number of nitrogens with one attached hydrogen (secondary N) is 1. The van der Waals surface area contributed by atoms with Gasteiger partial charge in [0, 0.05) is 0 Å².